The molecule has 0 atom stereocenters. The summed E-state index contributed by atoms with van der Waals surface area (Å²) in [4.78, 5) is 38.5. The number of anilines is 2. The molecule has 0 spiro atoms. The lowest BCUT2D eigenvalue weighted by Crippen LogP contribution is -2.40. The van der Waals surface area contributed by atoms with Crippen molar-refractivity contribution in [1.29, 1.82) is 0 Å². The van der Waals surface area contributed by atoms with Gasteiger partial charge in [0.15, 0.2) is 0 Å². The zero-order chi connectivity index (χ0) is 18.0. The Morgan fingerprint density at radius 1 is 1.28 bits per heavy atom. The van der Waals surface area contributed by atoms with Crippen LogP contribution < -0.4 is 15.8 Å². The molecular weight excluding hydrogens is 340 g/mol. The summed E-state index contributed by atoms with van der Waals surface area (Å²) in [6, 6.07) is 7.53. The SMILES string of the molecule is CCc1ccc(NC(=O)Cn2ncc3c(c2=O)N(C)C(=O)CS3)cc1. The fourth-order valence-electron chi connectivity index (χ4n) is 2.51. The quantitative estimate of drug-likeness (QED) is 0.896. The van der Waals surface area contributed by atoms with Gasteiger partial charge in [0.1, 0.15) is 12.2 Å². The molecule has 0 bridgehead atoms. The van der Waals surface area contributed by atoms with Gasteiger partial charge in [-0.05, 0) is 24.1 Å². The summed E-state index contributed by atoms with van der Waals surface area (Å²) in [5.74, 6) is -0.216. The standard InChI is InChI=1S/C17H18N4O3S/c1-3-11-4-6-12(7-5-11)19-14(22)9-21-17(24)16-13(8-18-21)25-10-15(23)20(16)2/h4-8H,3,9-10H2,1-2H3,(H,19,22). The molecule has 0 fully saturated rings. The molecular formula is C17H18N4O3S. The van der Waals surface area contributed by atoms with Gasteiger partial charge in [0.25, 0.3) is 5.56 Å². The van der Waals surface area contributed by atoms with Crippen molar-refractivity contribution in [3.8, 4) is 0 Å². The van der Waals surface area contributed by atoms with Gasteiger partial charge in [-0.25, -0.2) is 4.68 Å². The van der Waals surface area contributed by atoms with Crippen molar-refractivity contribution < 1.29 is 9.59 Å². The minimum absolute atomic E-state index is 0.146. The van der Waals surface area contributed by atoms with Crippen molar-refractivity contribution in [3.63, 3.8) is 0 Å². The van der Waals surface area contributed by atoms with Gasteiger partial charge in [0.2, 0.25) is 11.8 Å². The smallest absolute Gasteiger partial charge is 0.292 e. The summed E-state index contributed by atoms with van der Waals surface area (Å²) in [7, 11) is 1.56. The van der Waals surface area contributed by atoms with Crippen LogP contribution in [-0.4, -0.2) is 34.4 Å². The van der Waals surface area contributed by atoms with E-state index >= 15 is 0 Å². The summed E-state index contributed by atoms with van der Waals surface area (Å²) >= 11 is 1.28. The van der Waals surface area contributed by atoms with E-state index in [0.29, 0.717) is 10.6 Å². The number of hydrogen-bond donors (Lipinski definition) is 1. The zero-order valence-electron chi connectivity index (χ0n) is 14.0. The molecule has 7 nitrogen and oxygen atoms in total. The number of fused-ring (bicyclic) bond motifs is 1. The van der Waals surface area contributed by atoms with Gasteiger partial charge in [-0.2, -0.15) is 5.10 Å². The molecule has 2 heterocycles. The highest BCUT2D eigenvalue weighted by Crippen LogP contribution is 2.30. The highest BCUT2D eigenvalue weighted by atomic mass is 32.2. The maximum atomic E-state index is 12.6. The Morgan fingerprint density at radius 3 is 2.68 bits per heavy atom. The number of nitrogens with one attached hydrogen (secondary N) is 1. The fourth-order valence-corrected chi connectivity index (χ4v) is 3.47. The van der Waals surface area contributed by atoms with Crippen LogP contribution in [-0.2, 0) is 22.6 Å². The molecule has 1 aromatic carbocycles. The predicted octanol–water partition coefficient (Wildman–Crippen LogP) is 1.51. The molecule has 0 saturated heterocycles. The molecule has 3 rings (SSSR count). The average molecular weight is 358 g/mol. The summed E-state index contributed by atoms with van der Waals surface area (Å²) < 4.78 is 1.07. The Labute approximate surface area is 149 Å². The van der Waals surface area contributed by atoms with E-state index in [4.69, 9.17) is 0 Å². The third kappa shape index (κ3) is 3.58. The zero-order valence-corrected chi connectivity index (χ0v) is 14.8. The van der Waals surface area contributed by atoms with Crippen LogP contribution in [0, 0.1) is 0 Å². The van der Waals surface area contributed by atoms with E-state index in [-0.39, 0.29) is 29.8 Å². The molecule has 130 valence electrons. The van der Waals surface area contributed by atoms with E-state index in [0.717, 1.165) is 11.1 Å². The number of amides is 2. The van der Waals surface area contributed by atoms with Crippen LogP contribution in [0.1, 0.15) is 12.5 Å². The van der Waals surface area contributed by atoms with E-state index in [2.05, 4.69) is 17.3 Å². The minimum Gasteiger partial charge on any atom is -0.324 e. The summed E-state index contributed by atoms with van der Waals surface area (Å²) in [6.45, 7) is 1.84. The predicted molar refractivity (Wildman–Crippen MR) is 97.1 cm³/mol. The van der Waals surface area contributed by atoms with Crippen LogP contribution in [0.25, 0.3) is 0 Å². The molecule has 8 heteroatoms. The average Bonchev–Trinajstić information content (AvgIpc) is 2.61. The topological polar surface area (TPSA) is 84.3 Å². The monoisotopic (exact) mass is 358 g/mol. The summed E-state index contributed by atoms with van der Waals surface area (Å²) in [5, 5.41) is 6.79. The van der Waals surface area contributed by atoms with Gasteiger partial charge >= 0.3 is 0 Å². The number of benzene rings is 1. The Balaban J connectivity index is 1.77. The summed E-state index contributed by atoms with van der Waals surface area (Å²) in [5.41, 5.74) is 1.67. The molecule has 1 aliphatic rings. The number of carbonyl (C=O) groups excluding carboxylic acids is 2. The highest BCUT2D eigenvalue weighted by molar-refractivity contribution is 8.00. The second kappa shape index (κ2) is 7.10. The summed E-state index contributed by atoms with van der Waals surface area (Å²) in [6.07, 6.45) is 2.45. The third-order valence-electron chi connectivity index (χ3n) is 3.98. The van der Waals surface area contributed by atoms with Gasteiger partial charge in [-0.1, -0.05) is 19.1 Å². The molecule has 1 aliphatic heterocycles. The lowest BCUT2D eigenvalue weighted by atomic mass is 10.1. The number of carbonyl (C=O) groups is 2. The Bertz CT molecular complexity index is 876. The number of aromatic nitrogens is 2. The number of rotatable bonds is 4. The first-order valence-corrected chi connectivity index (χ1v) is 8.86. The van der Waals surface area contributed by atoms with Crippen LogP contribution in [0.5, 0.6) is 0 Å². The number of hydrogen-bond acceptors (Lipinski definition) is 5. The molecule has 0 radical (unpaired) electrons. The maximum Gasteiger partial charge on any atom is 0.292 e. The van der Waals surface area contributed by atoms with Crippen molar-refractivity contribution in [1.82, 2.24) is 9.78 Å². The molecule has 2 amide bonds. The lowest BCUT2D eigenvalue weighted by Gasteiger charge is -2.24. The fraction of sp³-hybridized carbons (Fsp3) is 0.294. The van der Waals surface area contributed by atoms with E-state index in [1.807, 2.05) is 24.3 Å². The Hall–Kier alpha value is -2.61. The van der Waals surface area contributed by atoms with Gasteiger partial charge in [-0.3, -0.25) is 14.4 Å². The second-order valence-corrected chi connectivity index (χ2v) is 6.68. The molecule has 0 aliphatic carbocycles. The van der Waals surface area contributed by atoms with Gasteiger partial charge < -0.3 is 10.2 Å². The van der Waals surface area contributed by atoms with Crippen LogP contribution in [0.3, 0.4) is 0 Å². The first-order chi connectivity index (χ1) is 12.0. The number of aryl methyl sites for hydroxylation is 1. The van der Waals surface area contributed by atoms with Crippen molar-refractivity contribution in [3.05, 3.63) is 46.4 Å². The lowest BCUT2D eigenvalue weighted by molar-refractivity contribution is -0.117. The molecule has 0 unspecified atom stereocenters. The Kier molecular flexibility index (Phi) is 4.89. The number of nitrogens with zero attached hydrogens (tertiary/aromatic N) is 3. The molecule has 25 heavy (non-hydrogen) atoms. The van der Waals surface area contributed by atoms with E-state index in [9.17, 15) is 14.4 Å². The van der Waals surface area contributed by atoms with Crippen molar-refractivity contribution in [2.24, 2.45) is 0 Å². The normalized spacial score (nSPS) is 13.5. The van der Waals surface area contributed by atoms with E-state index in [1.54, 1.807) is 7.05 Å². The van der Waals surface area contributed by atoms with Gasteiger partial charge in [0.05, 0.1) is 16.8 Å². The number of thioether (sulfide) groups is 1. The van der Waals surface area contributed by atoms with Crippen LogP contribution in [0.4, 0.5) is 11.4 Å². The Morgan fingerprint density at radius 2 is 2.00 bits per heavy atom. The first-order valence-electron chi connectivity index (χ1n) is 7.88. The molecule has 2 aromatic rings. The largest absolute Gasteiger partial charge is 0.324 e. The van der Waals surface area contributed by atoms with Crippen LogP contribution in [0.2, 0.25) is 0 Å². The third-order valence-corrected chi connectivity index (χ3v) is 4.99. The molecule has 1 N–H and O–H groups in total. The van der Waals surface area contributed by atoms with Gasteiger partial charge in [-0.15, -0.1) is 11.8 Å². The minimum atomic E-state index is -0.447. The van der Waals surface area contributed by atoms with E-state index in [1.165, 1.54) is 28.4 Å². The van der Waals surface area contributed by atoms with E-state index < -0.39 is 5.56 Å². The van der Waals surface area contributed by atoms with Gasteiger partial charge in [0, 0.05) is 12.7 Å². The highest BCUT2D eigenvalue weighted by Gasteiger charge is 2.26. The van der Waals surface area contributed by atoms with Crippen LogP contribution in [0.15, 0.2) is 40.2 Å². The maximum absolute atomic E-state index is 12.6. The first kappa shape index (κ1) is 17.2. The van der Waals surface area contributed by atoms with Crippen molar-refractivity contribution >= 4 is 35.0 Å². The second-order valence-electron chi connectivity index (χ2n) is 5.66. The van der Waals surface area contributed by atoms with Crippen molar-refractivity contribution in [2.45, 2.75) is 24.8 Å². The van der Waals surface area contributed by atoms with Crippen LogP contribution >= 0.6 is 11.8 Å². The van der Waals surface area contributed by atoms with Crippen molar-refractivity contribution in [2.75, 3.05) is 23.0 Å². The molecule has 0 saturated carbocycles. The molecule has 1 aromatic heterocycles.